The maximum absolute atomic E-state index is 5.54. The molecule has 0 aromatic heterocycles. The molecule has 3 heteroatoms. The van der Waals surface area contributed by atoms with Gasteiger partial charge >= 0.3 is 0 Å². The summed E-state index contributed by atoms with van der Waals surface area (Å²) in [4.78, 5) is 2.48. The summed E-state index contributed by atoms with van der Waals surface area (Å²) in [6.07, 6.45) is 4.21. The molecule has 1 aliphatic carbocycles. The van der Waals surface area contributed by atoms with E-state index in [1.54, 1.807) is 0 Å². The number of nitrogens with one attached hydrogen (secondary N) is 1. The van der Waals surface area contributed by atoms with Crippen molar-refractivity contribution >= 4 is 0 Å². The molecule has 0 amide bonds. The molecule has 0 spiro atoms. The first-order chi connectivity index (χ1) is 7.80. The average molecular weight is 228 g/mol. The van der Waals surface area contributed by atoms with Crippen molar-refractivity contribution in [2.75, 3.05) is 32.8 Å². The van der Waals surface area contributed by atoms with Gasteiger partial charge in [0.2, 0.25) is 0 Å². The van der Waals surface area contributed by atoms with Gasteiger partial charge in [-0.05, 0) is 52.4 Å². The Kier molecular flexibility index (Phi) is 7.01. The monoisotopic (exact) mass is 228 g/mol. The molecule has 0 aliphatic heterocycles. The summed E-state index contributed by atoms with van der Waals surface area (Å²) in [6.45, 7) is 12.1. The predicted molar refractivity (Wildman–Crippen MR) is 68.8 cm³/mol. The van der Waals surface area contributed by atoms with Crippen molar-refractivity contribution in [2.45, 2.75) is 52.2 Å². The van der Waals surface area contributed by atoms with E-state index >= 15 is 0 Å². The van der Waals surface area contributed by atoms with Crippen LogP contribution in [0, 0.1) is 0 Å². The van der Waals surface area contributed by atoms with Gasteiger partial charge in [0, 0.05) is 12.6 Å². The van der Waals surface area contributed by atoms with E-state index in [1.807, 2.05) is 0 Å². The Morgan fingerprint density at radius 3 is 2.44 bits per heavy atom. The molecule has 1 saturated carbocycles. The van der Waals surface area contributed by atoms with Crippen molar-refractivity contribution in [1.82, 2.24) is 10.2 Å². The highest BCUT2D eigenvalue weighted by molar-refractivity contribution is 4.85. The highest BCUT2D eigenvalue weighted by Crippen LogP contribution is 2.22. The van der Waals surface area contributed by atoms with Crippen LogP contribution in [0.4, 0.5) is 0 Å². The molecule has 1 rings (SSSR count). The van der Waals surface area contributed by atoms with E-state index < -0.39 is 0 Å². The summed E-state index contributed by atoms with van der Waals surface area (Å²) in [7, 11) is 0. The Hall–Kier alpha value is -0.120. The summed E-state index contributed by atoms with van der Waals surface area (Å²) in [5.41, 5.74) is 0. The standard InChI is InChI=1S/C13H28N2O/c1-4-15(5-2)9-7-8-14-12-10-13(11-12)16-6-3/h12-14H,4-11H2,1-3H3. The van der Waals surface area contributed by atoms with E-state index in [1.165, 1.54) is 38.9 Å². The molecular weight excluding hydrogens is 200 g/mol. The second-order valence-electron chi connectivity index (χ2n) is 4.58. The smallest absolute Gasteiger partial charge is 0.0604 e. The van der Waals surface area contributed by atoms with E-state index in [0.29, 0.717) is 12.1 Å². The second-order valence-corrected chi connectivity index (χ2v) is 4.58. The summed E-state index contributed by atoms with van der Waals surface area (Å²) < 4.78 is 5.54. The number of nitrogens with zero attached hydrogens (tertiary/aromatic N) is 1. The van der Waals surface area contributed by atoms with Crippen LogP contribution in [-0.2, 0) is 4.74 Å². The molecule has 0 atom stereocenters. The molecule has 0 aromatic rings. The van der Waals surface area contributed by atoms with Crippen LogP contribution in [0.5, 0.6) is 0 Å². The van der Waals surface area contributed by atoms with Crippen LogP contribution in [0.15, 0.2) is 0 Å². The van der Waals surface area contributed by atoms with Crippen molar-refractivity contribution in [2.24, 2.45) is 0 Å². The van der Waals surface area contributed by atoms with E-state index in [-0.39, 0.29) is 0 Å². The second kappa shape index (κ2) is 8.04. The molecule has 0 heterocycles. The zero-order valence-corrected chi connectivity index (χ0v) is 11.2. The molecule has 1 N–H and O–H groups in total. The van der Waals surface area contributed by atoms with Gasteiger partial charge in [-0.2, -0.15) is 0 Å². The van der Waals surface area contributed by atoms with Gasteiger partial charge in [0.15, 0.2) is 0 Å². The molecule has 0 unspecified atom stereocenters. The van der Waals surface area contributed by atoms with E-state index in [4.69, 9.17) is 4.74 Å². The Morgan fingerprint density at radius 1 is 1.19 bits per heavy atom. The molecule has 1 fully saturated rings. The van der Waals surface area contributed by atoms with Gasteiger partial charge in [-0.1, -0.05) is 13.8 Å². The van der Waals surface area contributed by atoms with Crippen molar-refractivity contribution in [1.29, 1.82) is 0 Å². The minimum Gasteiger partial charge on any atom is -0.378 e. The maximum atomic E-state index is 5.54. The van der Waals surface area contributed by atoms with Crippen LogP contribution in [0.3, 0.4) is 0 Å². The number of ether oxygens (including phenoxy) is 1. The minimum absolute atomic E-state index is 0.533. The van der Waals surface area contributed by atoms with Gasteiger partial charge in [-0.15, -0.1) is 0 Å². The maximum Gasteiger partial charge on any atom is 0.0604 e. The minimum atomic E-state index is 0.533. The van der Waals surface area contributed by atoms with Crippen molar-refractivity contribution < 1.29 is 4.74 Å². The van der Waals surface area contributed by atoms with Gasteiger partial charge in [0.25, 0.3) is 0 Å². The third-order valence-electron chi connectivity index (χ3n) is 3.48. The lowest BCUT2D eigenvalue weighted by atomic mass is 9.89. The lowest BCUT2D eigenvalue weighted by Crippen LogP contribution is -2.46. The molecule has 0 aromatic carbocycles. The number of rotatable bonds is 9. The summed E-state index contributed by atoms with van der Waals surface area (Å²) >= 11 is 0. The lowest BCUT2D eigenvalue weighted by molar-refractivity contribution is -0.00983. The highest BCUT2D eigenvalue weighted by Gasteiger charge is 2.28. The van der Waals surface area contributed by atoms with Gasteiger partial charge in [0.1, 0.15) is 0 Å². The first-order valence-electron chi connectivity index (χ1n) is 6.87. The SMILES string of the molecule is CCOC1CC(NCCCN(CC)CC)C1. The number of hydrogen-bond acceptors (Lipinski definition) is 3. The van der Waals surface area contributed by atoms with E-state index in [0.717, 1.165) is 13.2 Å². The topological polar surface area (TPSA) is 24.5 Å². The largest absolute Gasteiger partial charge is 0.378 e. The van der Waals surface area contributed by atoms with Gasteiger partial charge in [-0.25, -0.2) is 0 Å². The van der Waals surface area contributed by atoms with E-state index in [2.05, 4.69) is 31.0 Å². The Bertz CT molecular complexity index is 165. The summed E-state index contributed by atoms with van der Waals surface area (Å²) in [5, 5.41) is 3.60. The fraction of sp³-hybridized carbons (Fsp3) is 1.00. The molecule has 16 heavy (non-hydrogen) atoms. The van der Waals surface area contributed by atoms with Crippen LogP contribution in [0.1, 0.15) is 40.0 Å². The van der Waals surface area contributed by atoms with Crippen molar-refractivity contribution in [3.05, 3.63) is 0 Å². The third-order valence-corrected chi connectivity index (χ3v) is 3.48. The summed E-state index contributed by atoms with van der Waals surface area (Å²) in [6, 6.07) is 0.716. The van der Waals surface area contributed by atoms with E-state index in [9.17, 15) is 0 Å². The Balaban J connectivity index is 1.89. The van der Waals surface area contributed by atoms with Crippen molar-refractivity contribution in [3.8, 4) is 0 Å². The quantitative estimate of drug-likeness (QED) is 0.610. The zero-order chi connectivity index (χ0) is 11.8. The highest BCUT2D eigenvalue weighted by atomic mass is 16.5. The first kappa shape index (κ1) is 13.9. The molecule has 96 valence electrons. The normalized spacial score (nSPS) is 24.8. The molecule has 0 radical (unpaired) electrons. The van der Waals surface area contributed by atoms with Gasteiger partial charge < -0.3 is 15.0 Å². The van der Waals surface area contributed by atoms with Crippen LogP contribution in [-0.4, -0.2) is 49.8 Å². The fourth-order valence-corrected chi connectivity index (χ4v) is 2.25. The zero-order valence-electron chi connectivity index (χ0n) is 11.2. The van der Waals surface area contributed by atoms with Crippen LogP contribution in [0.2, 0.25) is 0 Å². The number of hydrogen-bond donors (Lipinski definition) is 1. The van der Waals surface area contributed by atoms with Crippen molar-refractivity contribution in [3.63, 3.8) is 0 Å². The van der Waals surface area contributed by atoms with Crippen LogP contribution in [0.25, 0.3) is 0 Å². The molecule has 3 nitrogen and oxygen atoms in total. The molecular formula is C13H28N2O. The lowest BCUT2D eigenvalue weighted by Gasteiger charge is -2.35. The summed E-state index contributed by atoms with van der Waals surface area (Å²) in [5.74, 6) is 0. The van der Waals surface area contributed by atoms with Gasteiger partial charge in [-0.3, -0.25) is 0 Å². The molecule has 1 aliphatic rings. The molecule has 0 saturated heterocycles. The fourth-order valence-electron chi connectivity index (χ4n) is 2.25. The average Bonchev–Trinajstić information content (AvgIpc) is 2.25. The predicted octanol–water partition coefficient (Wildman–Crippen LogP) is 1.88. The Labute approximate surface area is 101 Å². The Morgan fingerprint density at radius 2 is 1.88 bits per heavy atom. The first-order valence-corrected chi connectivity index (χ1v) is 6.87. The third kappa shape index (κ3) is 4.81. The van der Waals surface area contributed by atoms with Crippen LogP contribution < -0.4 is 5.32 Å². The van der Waals surface area contributed by atoms with Crippen LogP contribution >= 0.6 is 0 Å². The molecule has 0 bridgehead atoms. The van der Waals surface area contributed by atoms with Gasteiger partial charge in [0.05, 0.1) is 6.10 Å².